The Bertz CT molecular complexity index is 412. The molecule has 0 atom stereocenters. The number of hydrogen-bond donors (Lipinski definition) is 3. The summed E-state index contributed by atoms with van der Waals surface area (Å²) >= 11 is 0. The van der Waals surface area contributed by atoms with Crippen LogP contribution in [0.2, 0.25) is 0 Å². The first-order chi connectivity index (χ1) is 7.38. The maximum absolute atomic E-state index is 12.9. The summed E-state index contributed by atoms with van der Waals surface area (Å²) in [6.45, 7) is 0.0274. The van der Waals surface area contributed by atoms with Gasteiger partial charge in [0.25, 0.3) is 0 Å². The molecule has 1 aliphatic carbocycles. The summed E-state index contributed by atoms with van der Waals surface area (Å²) < 4.78 is 25.9. The molecule has 5 heteroatoms. The molecule has 1 saturated carbocycles. The number of phenolic OH excluding ortho intramolecular Hbond substituents is 2. The summed E-state index contributed by atoms with van der Waals surface area (Å²) in [4.78, 5) is 0. The Hall–Kier alpha value is -1.36. The Morgan fingerprint density at radius 3 is 2.38 bits per heavy atom. The van der Waals surface area contributed by atoms with Crippen molar-refractivity contribution in [3.05, 3.63) is 23.8 Å². The Morgan fingerprint density at radius 2 is 1.88 bits per heavy atom. The molecule has 0 heterocycles. The normalized spacial score (nSPS) is 21.4. The van der Waals surface area contributed by atoms with Crippen LogP contribution in [0.1, 0.15) is 18.4 Å². The molecule has 0 spiro atoms. The Labute approximate surface area is 91.5 Å². The molecule has 1 aromatic rings. The summed E-state index contributed by atoms with van der Waals surface area (Å²) in [7, 11) is 0. The highest BCUT2D eigenvalue weighted by molar-refractivity contribution is 5.46. The van der Waals surface area contributed by atoms with Crippen LogP contribution >= 0.6 is 0 Å². The molecule has 0 unspecified atom stereocenters. The Kier molecular flexibility index (Phi) is 2.31. The van der Waals surface area contributed by atoms with Gasteiger partial charge in [0.15, 0.2) is 0 Å². The first kappa shape index (κ1) is 11.1. The van der Waals surface area contributed by atoms with E-state index in [1.54, 1.807) is 0 Å². The van der Waals surface area contributed by atoms with E-state index in [4.69, 9.17) is 5.73 Å². The highest BCUT2D eigenvalue weighted by Gasteiger charge is 2.57. The van der Waals surface area contributed by atoms with Gasteiger partial charge < -0.3 is 15.9 Å². The molecule has 0 amide bonds. The zero-order chi connectivity index (χ0) is 12.0. The zero-order valence-corrected chi connectivity index (χ0v) is 8.58. The van der Waals surface area contributed by atoms with Gasteiger partial charge in [-0.05, 0) is 18.2 Å². The maximum atomic E-state index is 12.9. The number of phenols is 2. The van der Waals surface area contributed by atoms with E-state index in [0.717, 1.165) is 0 Å². The van der Waals surface area contributed by atoms with Gasteiger partial charge in [-0.25, -0.2) is 8.78 Å². The minimum atomic E-state index is -2.72. The third-order valence-corrected chi connectivity index (χ3v) is 3.14. The summed E-state index contributed by atoms with van der Waals surface area (Å²) in [5.41, 5.74) is 4.91. The van der Waals surface area contributed by atoms with Crippen LogP contribution < -0.4 is 5.73 Å². The van der Waals surface area contributed by atoms with Crippen molar-refractivity contribution < 1.29 is 19.0 Å². The summed E-state index contributed by atoms with van der Waals surface area (Å²) in [6, 6.07) is 3.90. The van der Waals surface area contributed by atoms with Crippen molar-refractivity contribution in [2.45, 2.75) is 24.2 Å². The van der Waals surface area contributed by atoms with Gasteiger partial charge in [-0.2, -0.15) is 0 Å². The summed E-state index contributed by atoms with van der Waals surface area (Å²) in [6.07, 6.45) is -0.763. The molecule has 4 N–H and O–H groups in total. The van der Waals surface area contributed by atoms with Gasteiger partial charge in [-0.1, -0.05) is 0 Å². The van der Waals surface area contributed by atoms with Gasteiger partial charge in [0.1, 0.15) is 11.5 Å². The van der Waals surface area contributed by atoms with Gasteiger partial charge in [-0.3, -0.25) is 0 Å². The Balaban J connectivity index is 2.39. The number of halogens is 2. The van der Waals surface area contributed by atoms with Gasteiger partial charge in [0, 0.05) is 30.4 Å². The van der Waals surface area contributed by atoms with Crippen LogP contribution in [-0.4, -0.2) is 22.7 Å². The lowest BCUT2D eigenvalue weighted by Crippen LogP contribution is -2.53. The highest BCUT2D eigenvalue weighted by atomic mass is 19.3. The third-order valence-electron chi connectivity index (χ3n) is 3.14. The topological polar surface area (TPSA) is 66.5 Å². The molecule has 16 heavy (non-hydrogen) atoms. The predicted octanol–water partition coefficient (Wildman–Crippen LogP) is 1.72. The van der Waals surface area contributed by atoms with Crippen molar-refractivity contribution in [3.63, 3.8) is 0 Å². The number of hydrogen-bond acceptors (Lipinski definition) is 3. The molecule has 88 valence electrons. The lowest BCUT2D eigenvalue weighted by Gasteiger charge is -2.47. The third kappa shape index (κ3) is 1.61. The SMILES string of the molecule is NCC1(c2cc(O)ccc2O)CC(F)(F)C1. The van der Waals surface area contributed by atoms with E-state index < -0.39 is 11.3 Å². The predicted molar refractivity (Wildman–Crippen MR) is 54.7 cm³/mol. The van der Waals surface area contributed by atoms with Crippen molar-refractivity contribution in [2.75, 3.05) is 6.54 Å². The smallest absolute Gasteiger partial charge is 0.250 e. The van der Waals surface area contributed by atoms with Gasteiger partial charge in [-0.15, -0.1) is 0 Å². The molecule has 0 aliphatic heterocycles. The number of benzene rings is 1. The van der Waals surface area contributed by atoms with Gasteiger partial charge in [0.2, 0.25) is 5.92 Å². The molecule has 0 bridgehead atoms. The van der Waals surface area contributed by atoms with Crippen molar-refractivity contribution in [2.24, 2.45) is 5.73 Å². The lowest BCUT2D eigenvalue weighted by molar-refractivity contribution is -0.124. The quantitative estimate of drug-likeness (QED) is 0.676. The second-order valence-corrected chi connectivity index (χ2v) is 4.40. The maximum Gasteiger partial charge on any atom is 0.250 e. The van der Waals surface area contributed by atoms with Gasteiger partial charge in [0.05, 0.1) is 0 Å². The van der Waals surface area contributed by atoms with Crippen molar-refractivity contribution >= 4 is 0 Å². The fourth-order valence-corrected chi connectivity index (χ4v) is 2.33. The number of nitrogens with two attached hydrogens (primary N) is 1. The Morgan fingerprint density at radius 1 is 1.25 bits per heavy atom. The van der Waals surface area contributed by atoms with E-state index in [0.29, 0.717) is 5.56 Å². The molecular weight excluding hydrogens is 216 g/mol. The molecule has 0 saturated heterocycles. The van der Waals surface area contributed by atoms with Crippen LogP contribution in [0, 0.1) is 0 Å². The average Bonchev–Trinajstić information content (AvgIpc) is 2.17. The van der Waals surface area contributed by atoms with Crippen LogP contribution in [0.25, 0.3) is 0 Å². The molecule has 1 aliphatic rings. The molecule has 0 radical (unpaired) electrons. The van der Waals surface area contributed by atoms with Crippen molar-refractivity contribution in [3.8, 4) is 11.5 Å². The van der Waals surface area contributed by atoms with Gasteiger partial charge >= 0.3 is 0 Å². The van der Waals surface area contributed by atoms with Crippen LogP contribution in [0.3, 0.4) is 0 Å². The van der Waals surface area contributed by atoms with E-state index in [9.17, 15) is 19.0 Å². The average molecular weight is 229 g/mol. The highest BCUT2D eigenvalue weighted by Crippen LogP contribution is 2.55. The number of aromatic hydroxyl groups is 2. The number of alkyl halides is 2. The fourth-order valence-electron chi connectivity index (χ4n) is 2.33. The van der Waals surface area contributed by atoms with Crippen LogP contribution in [0.15, 0.2) is 18.2 Å². The fraction of sp³-hybridized carbons (Fsp3) is 0.455. The van der Waals surface area contributed by atoms with E-state index in [1.165, 1.54) is 18.2 Å². The lowest BCUT2D eigenvalue weighted by atomic mass is 9.62. The van der Waals surface area contributed by atoms with E-state index in [-0.39, 0.29) is 30.9 Å². The first-order valence-electron chi connectivity index (χ1n) is 4.99. The minimum absolute atomic E-state index is 0.0274. The number of rotatable bonds is 2. The second kappa shape index (κ2) is 3.31. The molecule has 3 nitrogen and oxygen atoms in total. The largest absolute Gasteiger partial charge is 0.508 e. The second-order valence-electron chi connectivity index (χ2n) is 4.40. The molecule has 2 rings (SSSR count). The molecular formula is C11H13F2NO2. The van der Waals surface area contributed by atoms with Crippen LogP contribution in [-0.2, 0) is 5.41 Å². The summed E-state index contributed by atoms with van der Waals surface area (Å²) in [5, 5.41) is 18.9. The molecule has 1 fully saturated rings. The first-order valence-corrected chi connectivity index (χ1v) is 4.99. The van der Waals surface area contributed by atoms with Crippen molar-refractivity contribution in [1.82, 2.24) is 0 Å². The zero-order valence-electron chi connectivity index (χ0n) is 8.58. The monoisotopic (exact) mass is 229 g/mol. The van der Waals surface area contributed by atoms with E-state index in [1.807, 2.05) is 0 Å². The minimum Gasteiger partial charge on any atom is -0.508 e. The standard InChI is InChI=1S/C11H13F2NO2/c12-11(13)4-10(5-11,6-14)8-3-7(15)1-2-9(8)16/h1-3,15-16H,4-6,14H2. The molecule has 0 aromatic heterocycles. The summed E-state index contributed by atoms with van der Waals surface area (Å²) in [5.74, 6) is -2.88. The van der Waals surface area contributed by atoms with Crippen LogP contribution in [0.5, 0.6) is 11.5 Å². The van der Waals surface area contributed by atoms with E-state index in [2.05, 4.69) is 0 Å². The van der Waals surface area contributed by atoms with Crippen LogP contribution in [0.4, 0.5) is 8.78 Å². The van der Waals surface area contributed by atoms with E-state index >= 15 is 0 Å². The van der Waals surface area contributed by atoms with Crippen molar-refractivity contribution in [1.29, 1.82) is 0 Å². The molecule has 1 aromatic carbocycles.